The number of carbonyl (C=O) groups excluding carboxylic acids is 2. The second-order valence-corrected chi connectivity index (χ2v) is 10.7. The molecule has 1 aliphatic carbocycles. The largest absolute Gasteiger partial charge is 0.493 e. The van der Waals surface area contributed by atoms with E-state index in [1.165, 1.54) is 49.7 Å². The summed E-state index contributed by atoms with van der Waals surface area (Å²) >= 11 is 0. The number of fused-ring (bicyclic) bond motifs is 1. The number of hydrogen-bond acceptors (Lipinski definition) is 7. The molecule has 9 nitrogen and oxygen atoms in total. The highest BCUT2D eigenvalue weighted by molar-refractivity contribution is 6.04. The standard InChI is InChI=1S/C32H31F2N3O6/c1-32(2)28(30(38)36-19-7-5-18(33)6-8-19)29(32)31(39)37-20-9-10-25(22(34)15-20)43-24-11-12-35-23-17-26(41-4)27(16-21(23)24)42-14-13-40-3/h5-12,15-17,28-29H,13-14H2,1-4H3,(H,36,38)(H,37,39)/t28-,29+/m0/s1. The Hall–Kier alpha value is -4.77. The summed E-state index contributed by atoms with van der Waals surface area (Å²) in [4.78, 5) is 30.3. The van der Waals surface area contributed by atoms with Gasteiger partial charge in [0.05, 0.1) is 31.1 Å². The molecule has 1 fully saturated rings. The lowest BCUT2D eigenvalue weighted by atomic mass is 10.1. The molecule has 4 aromatic rings. The Morgan fingerprint density at radius 2 is 1.49 bits per heavy atom. The molecular weight excluding hydrogens is 560 g/mol. The summed E-state index contributed by atoms with van der Waals surface area (Å²) in [5.74, 6) is -1.90. The van der Waals surface area contributed by atoms with Gasteiger partial charge in [-0.05, 0) is 53.9 Å². The highest BCUT2D eigenvalue weighted by Crippen LogP contribution is 2.59. The number of amides is 2. The predicted octanol–water partition coefficient (Wildman–Crippen LogP) is 6.19. The van der Waals surface area contributed by atoms with Crippen molar-refractivity contribution in [3.63, 3.8) is 0 Å². The monoisotopic (exact) mass is 591 g/mol. The summed E-state index contributed by atoms with van der Waals surface area (Å²) in [5.41, 5.74) is 0.588. The molecule has 0 bridgehead atoms. The molecule has 1 saturated carbocycles. The van der Waals surface area contributed by atoms with E-state index in [2.05, 4.69) is 15.6 Å². The van der Waals surface area contributed by atoms with Gasteiger partial charge in [0.1, 0.15) is 18.2 Å². The van der Waals surface area contributed by atoms with Gasteiger partial charge in [-0.3, -0.25) is 14.6 Å². The number of methoxy groups -OCH3 is 2. The molecule has 1 heterocycles. The lowest BCUT2D eigenvalue weighted by molar-refractivity contribution is -0.122. The minimum Gasteiger partial charge on any atom is -0.493 e. The quantitative estimate of drug-likeness (QED) is 0.200. The van der Waals surface area contributed by atoms with E-state index in [1.807, 2.05) is 13.8 Å². The Labute approximate surface area is 247 Å². The number of carbonyl (C=O) groups is 2. The third-order valence-electron chi connectivity index (χ3n) is 7.46. The SMILES string of the molecule is COCCOc1cc2c(Oc3ccc(NC(=O)[C@H]4[C@@H](C(=O)Nc5ccc(F)cc5)C4(C)C)cc3F)ccnc2cc1OC. The van der Waals surface area contributed by atoms with Crippen molar-refractivity contribution in [3.8, 4) is 23.0 Å². The lowest BCUT2D eigenvalue weighted by Crippen LogP contribution is -2.20. The number of nitrogens with zero attached hydrogens (tertiary/aromatic N) is 1. The highest BCUT2D eigenvalue weighted by atomic mass is 19.1. The minimum atomic E-state index is -0.700. The summed E-state index contributed by atoms with van der Waals surface area (Å²) in [5, 5.41) is 6.01. The van der Waals surface area contributed by atoms with E-state index < -0.39 is 34.8 Å². The van der Waals surface area contributed by atoms with Crippen molar-refractivity contribution >= 4 is 34.1 Å². The molecule has 2 N–H and O–H groups in total. The number of nitrogens with one attached hydrogen (secondary N) is 2. The Kier molecular flexibility index (Phi) is 8.45. The number of benzene rings is 3. The molecule has 0 unspecified atom stereocenters. The van der Waals surface area contributed by atoms with E-state index in [4.69, 9.17) is 18.9 Å². The molecule has 2 atom stereocenters. The lowest BCUT2D eigenvalue weighted by Gasteiger charge is -2.14. The van der Waals surface area contributed by atoms with Crippen molar-refractivity contribution in [2.45, 2.75) is 13.8 Å². The maximum atomic E-state index is 15.2. The average Bonchev–Trinajstić information content (AvgIpc) is 3.57. The average molecular weight is 592 g/mol. The van der Waals surface area contributed by atoms with Crippen LogP contribution in [0.1, 0.15) is 13.8 Å². The maximum absolute atomic E-state index is 15.2. The van der Waals surface area contributed by atoms with Crippen LogP contribution >= 0.6 is 0 Å². The normalized spacial score (nSPS) is 16.8. The molecule has 2 amide bonds. The molecule has 0 spiro atoms. The van der Waals surface area contributed by atoms with Crippen molar-refractivity contribution in [1.82, 2.24) is 4.98 Å². The first kappa shape index (κ1) is 29.7. The summed E-state index contributed by atoms with van der Waals surface area (Å²) in [6, 6.07) is 14.5. The summed E-state index contributed by atoms with van der Waals surface area (Å²) < 4.78 is 50.5. The number of halogens is 2. The van der Waals surface area contributed by atoms with Gasteiger partial charge in [-0.15, -0.1) is 0 Å². The zero-order chi connectivity index (χ0) is 30.7. The van der Waals surface area contributed by atoms with Gasteiger partial charge >= 0.3 is 0 Å². The molecule has 0 aliphatic heterocycles. The molecule has 11 heteroatoms. The second-order valence-electron chi connectivity index (χ2n) is 10.7. The van der Waals surface area contributed by atoms with Gasteiger partial charge in [0.25, 0.3) is 0 Å². The Balaban J connectivity index is 1.28. The topological polar surface area (TPSA) is 108 Å². The van der Waals surface area contributed by atoms with Crippen molar-refractivity contribution in [1.29, 1.82) is 0 Å². The molecule has 1 aromatic heterocycles. The van der Waals surface area contributed by atoms with Gasteiger partial charge in [0.2, 0.25) is 11.8 Å². The van der Waals surface area contributed by atoms with E-state index in [-0.39, 0.29) is 17.3 Å². The molecule has 5 rings (SSSR count). The van der Waals surface area contributed by atoms with Crippen LogP contribution < -0.4 is 24.8 Å². The number of rotatable bonds is 11. The number of pyridine rings is 1. The van der Waals surface area contributed by atoms with E-state index in [9.17, 15) is 14.0 Å². The van der Waals surface area contributed by atoms with Gasteiger partial charge in [0, 0.05) is 42.2 Å². The summed E-state index contributed by atoms with van der Waals surface area (Å²) in [6.07, 6.45) is 1.54. The van der Waals surface area contributed by atoms with Crippen molar-refractivity contribution in [2.75, 3.05) is 38.1 Å². The van der Waals surface area contributed by atoms with Crippen molar-refractivity contribution in [3.05, 3.63) is 78.5 Å². The molecule has 0 radical (unpaired) electrons. The van der Waals surface area contributed by atoms with E-state index in [0.29, 0.717) is 47.1 Å². The van der Waals surface area contributed by atoms with Crippen LogP contribution in [-0.4, -0.2) is 44.2 Å². The van der Waals surface area contributed by atoms with Crippen LogP contribution in [-0.2, 0) is 14.3 Å². The minimum absolute atomic E-state index is 0.0635. The van der Waals surface area contributed by atoms with Gasteiger partial charge in [0.15, 0.2) is 23.1 Å². The fraction of sp³-hybridized carbons (Fsp3) is 0.281. The molecular formula is C32H31F2N3O6. The van der Waals surface area contributed by atoms with Gasteiger partial charge in [-0.1, -0.05) is 13.8 Å². The van der Waals surface area contributed by atoms with Crippen LogP contribution in [0.5, 0.6) is 23.0 Å². The smallest absolute Gasteiger partial charge is 0.228 e. The maximum Gasteiger partial charge on any atom is 0.228 e. The third kappa shape index (κ3) is 6.36. The number of aromatic nitrogens is 1. The Morgan fingerprint density at radius 1 is 0.814 bits per heavy atom. The molecule has 1 aliphatic rings. The van der Waals surface area contributed by atoms with E-state index in [0.717, 1.165) is 6.07 Å². The molecule has 3 aromatic carbocycles. The third-order valence-corrected chi connectivity index (χ3v) is 7.46. The highest BCUT2D eigenvalue weighted by Gasteiger charge is 2.65. The number of anilines is 2. The van der Waals surface area contributed by atoms with Crippen molar-refractivity contribution in [2.24, 2.45) is 17.3 Å². The second kappa shape index (κ2) is 12.2. The van der Waals surface area contributed by atoms with Gasteiger partial charge in [-0.2, -0.15) is 0 Å². The first-order valence-corrected chi connectivity index (χ1v) is 13.6. The molecule has 43 heavy (non-hydrogen) atoms. The van der Waals surface area contributed by atoms with E-state index in [1.54, 1.807) is 25.3 Å². The number of hydrogen-bond donors (Lipinski definition) is 2. The zero-order valence-electron chi connectivity index (χ0n) is 24.1. The molecule has 224 valence electrons. The number of ether oxygens (including phenoxy) is 4. The first-order valence-electron chi connectivity index (χ1n) is 13.6. The van der Waals surface area contributed by atoms with Crippen molar-refractivity contribution < 1.29 is 37.3 Å². The van der Waals surface area contributed by atoms with E-state index >= 15 is 4.39 Å². The molecule has 0 saturated heterocycles. The predicted molar refractivity (Wildman–Crippen MR) is 157 cm³/mol. The van der Waals surface area contributed by atoms with Gasteiger partial charge in [-0.25, -0.2) is 8.78 Å². The van der Waals surface area contributed by atoms with Crippen LogP contribution in [0.2, 0.25) is 0 Å². The Bertz CT molecular complexity index is 1660. The van der Waals surface area contributed by atoms with Crippen LogP contribution in [0.15, 0.2) is 66.9 Å². The fourth-order valence-corrected chi connectivity index (χ4v) is 5.09. The summed E-state index contributed by atoms with van der Waals surface area (Å²) in [6.45, 7) is 4.31. The van der Waals surface area contributed by atoms with Crippen LogP contribution in [0, 0.1) is 28.9 Å². The van der Waals surface area contributed by atoms with Crippen LogP contribution in [0.25, 0.3) is 10.9 Å². The summed E-state index contributed by atoms with van der Waals surface area (Å²) in [7, 11) is 3.09. The zero-order valence-corrected chi connectivity index (χ0v) is 24.1. The Morgan fingerprint density at radius 3 is 2.14 bits per heavy atom. The fourth-order valence-electron chi connectivity index (χ4n) is 5.09. The van der Waals surface area contributed by atoms with Crippen LogP contribution in [0.3, 0.4) is 0 Å². The first-order chi connectivity index (χ1) is 20.6. The van der Waals surface area contributed by atoms with Crippen LogP contribution in [0.4, 0.5) is 20.2 Å². The van der Waals surface area contributed by atoms with Gasteiger partial charge < -0.3 is 29.6 Å².